The Bertz CT molecular complexity index is 1650. The Labute approximate surface area is 216 Å². The number of ether oxygens (including phenoxy) is 1. The summed E-state index contributed by atoms with van der Waals surface area (Å²) in [7, 11) is 1.60. The van der Waals surface area contributed by atoms with Crippen molar-refractivity contribution in [3.63, 3.8) is 0 Å². The van der Waals surface area contributed by atoms with E-state index in [1.165, 1.54) is 11.3 Å². The first-order valence-electron chi connectivity index (χ1n) is 11.2. The van der Waals surface area contributed by atoms with Gasteiger partial charge in [-0.25, -0.2) is 4.99 Å². The Morgan fingerprint density at radius 1 is 1.08 bits per heavy atom. The number of amides is 1. The summed E-state index contributed by atoms with van der Waals surface area (Å²) in [5.41, 5.74) is 2.99. The lowest BCUT2D eigenvalue weighted by atomic mass is 9.95. The van der Waals surface area contributed by atoms with Crippen molar-refractivity contribution in [2.75, 3.05) is 12.4 Å². The normalized spacial score (nSPS) is 15.3. The zero-order chi connectivity index (χ0) is 25.2. The maximum atomic E-state index is 13.7. The quantitative estimate of drug-likeness (QED) is 0.424. The number of benzene rings is 3. The summed E-state index contributed by atoms with van der Waals surface area (Å²) in [4.78, 5) is 32.5. The number of hydrogen-bond acceptors (Lipinski definition) is 5. The maximum absolute atomic E-state index is 13.7. The lowest BCUT2D eigenvalue weighted by Gasteiger charge is -2.25. The molecule has 1 atom stereocenters. The van der Waals surface area contributed by atoms with Gasteiger partial charge in [0.1, 0.15) is 5.75 Å². The number of nitrogens with one attached hydrogen (secondary N) is 1. The van der Waals surface area contributed by atoms with Gasteiger partial charge >= 0.3 is 0 Å². The molecule has 6 nitrogen and oxygen atoms in total. The summed E-state index contributed by atoms with van der Waals surface area (Å²) < 4.78 is 7.41. The number of hydrogen-bond donors (Lipinski definition) is 1. The minimum atomic E-state index is -0.658. The zero-order valence-corrected chi connectivity index (χ0v) is 21.1. The van der Waals surface area contributed by atoms with Crippen molar-refractivity contribution in [1.82, 2.24) is 4.57 Å². The molecule has 5 rings (SSSR count). The van der Waals surface area contributed by atoms with Crippen LogP contribution in [-0.2, 0) is 4.79 Å². The Balaban J connectivity index is 1.67. The van der Waals surface area contributed by atoms with Gasteiger partial charge in [0.2, 0.25) is 0 Å². The predicted molar refractivity (Wildman–Crippen MR) is 143 cm³/mol. The summed E-state index contributed by atoms with van der Waals surface area (Å²) in [6.45, 7) is 1.79. The number of carbonyl (C=O) groups excluding carboxylic acids is 1. The molecule has 1 aliphatic heterocycles. The van der Waals surface area contributed by atoms with Crippen molar-refractivity contribution in [3.05, 3.63) is 126 Å². The number of anilines is 1. The molecule has 8 heteroatoms. The highest BCUT2D eigenvalue weighted by Crippen LogP contribution is 2.31. The largest absolute Gasteiger partial charge is 0.497 e. The number of methoxy groups -OCH3 is 1. The summed E-state index contributed by atoms with van der Waals surface area (Å²) in [5.74, 6) is 0.385. The molecule has 36 heavy (non-hydrogen) atoms. The average Bonchev–Trinajstić information content (AvgIpc) is 3.18. The van der Waals surface area contributed by atoms with Crippen LogP contribution >= 0.6 is 22.9 Å². The molecule has 1 unspecified atom stereocenters. The van der Waals surface area contributed by atoms with Crippen LogP contribution in [0.3, 0.4) is 0 Å². The first-order chi connectivity index (χ1) is 17.4. The molecule has 0 saturated heterocycles. The molecular weight excluding hydrogens is 494 g/mol. The number of carbonyl (C=O) groups is 1. The number of para-hydroxylation sites is 1. The second-order valence-electron chi connectivity index (χ2n) is 8.23. The SMILES string of the molecule is COc1cccc(C=c2sc3n(c2=O)C(c2ccc(Cl)cc2)C(C(=O)Nc2ccccc2)=C(C)N=3)c1. The predicted octanol–water partition coefficient (Wildman–Crippen LogP) is 4.54. The number of halogens is 1. The monoisotopic (exact) mass is 515 g/mol. The number of fused-ring (bicyclic) bond motifs is 1. The zero-order valence-electron chi connectivity index (χ0n) is 19.6. The van der Waals surface area contributed by atoms with Crippen molar-refractivity contribution in [1.29, 1.82) is 0 Å². The van der Waals surface area contributed by atoms with Crippen LogP contribution in [0, 0.1) is 0 Å². The summed E-state index contributed by atoms with van der Waals surface area (Å²) in [5, 5.41) is 3.52. The van der Waals surface area contributed by atoms with E-state index in [9.17, 15) is 9.59 Å². The highest BCUT2D eigenvalue weighted by molar-refractivity contribution is 7.07. The van der Waals surface area contributed by atoms with E-state index in [0.717, 1.165) is 11.1 Å². The van der Waals surface area contributed by atoms with Gasteiger partial charge in [0.15, 0.2) is 4.80 Å². The molecule has 2 heterocycles. The topological polar surface area (TPSA) is 72.7 Å². The van der Waals surface area contributed by atoms with E-state index in [0.29, 0.717) is 37.1 Å². The molecule has 1 amide bonds. The molecule has 0 fully saturated rings. The second kappa shape index (κ2) is 9.97. The molecule has 1 N–H and O–H groups in total. The third-order valence-corrected chi connectivity index (χ3v) is 7.11. The van der Waals surface area contributed by atoms with Crippen LogP contribution in [-0.4, -0.2) is 17.6 Å². The highest BCUT2D eigenvalue weighted by atomic mass is 35.5. The van der Waals surface area contributed by atoms with Gasteiger partial charge in [-0.05, 0) is 60.5 Å². The van der Waals surface area contributed by atoms with Crippen LogP contribution in [0.4, 0.5) is 5.69 Å². The highest BCUT2D eigenvalue weighted by Gasteiger charge is 2.32. The van der Waals surface area contributed by atoms with Gasteiger partial charge in [-0.2, -0.15) is 0 Å². The van der Waals surface area contributed by atoms with Crippen LogP contribution in [0.1, 0.15) is 24.1 Å². The molecule has 0 saturated carbocycles. The van der Waals surface area contributed by atoms with Gasteiger partial charge in [-0.3, -0.25) is 14.2 Å². The van der Waals surface area contributed by atoms with Crippen molar-refractivity contribution in [2.45, 2.75) is 13.0 Å². The van der Waals surface area contributed by atoms with E-state index in [1.54, 1.807) is 30.7 Å². The smallest absolute Gasteiger partial charge is 0.271 e. The molecule has 4 aromatic rings. The van der Waals surface area contributed by atoms with Crippen molar-refractivity contribution < 1.29 is 9.53 Å². The van der Waals surface area contributed by atoms with Crippen LogP contribution in [0.15, 0.2) is 99.9 Å². The molecule has 3 aromatic carbocycles. The third-order valence-electron chi connectivity index (χ3n) is 5.88. The maximum Gasteiger partial charge on any atom is 0.271 e. The van der Waals surface area contributed by atoms with Gasteiger partial charge in [0.05, 0.1) is 29.0 Å². The third kappa shape index (κ3) is 4.63. The Kier molecular flexibility index (Phi) is 6.59. The molecule has 180 valence electrons. The molecule has 0 bridgehead atoms. The minimum absolute atomic E-state index is 0.223. The minimum Gasteiger partial charge on any atom is -0.497 e. The van der Waals surface area contributed by atoms with Crippen LogP contribution < -0.4 is 24.9 Å². The summed E-state index contributed by atoms with van der Waals surface area (Å²) >= 11 is 7.43. The van der Waals surface area contributed by atoms with E-state index in [1.807, 2.05) is 72.8 Å². The molecule has 1 aliphatic rings. The van der Waals surface area contributed by atoms with Gasteiger partial charge in [-0.1, -0.05) is 65.4 Å². The number of thiazole rings is 1. The summed E-state index contributed by atoms with van der Waals surface area (Å²) in [6, 6.07) is 23.2. The first-order valence-corrected chi connectivity index (χ1v) is 12.4. The number of rotatable bonds is 5. The van der Waals surface area contributed by atoms with E-state index in [-0.39, 0.29) is 11.5 Å². The Morgan fingerprint density at radius 2 is 1.83 bits per heavy atom. The lowest BCUT2D eigenvalue weighted by molar-refractivity contribution is -0.113. The molecule has 0 radical (unpaired) electrons. The Hall–Kier alpha value is -3.94. The molecular formula is C28H22ClN3O3S. The molecule has 1 aromatic heterocycles. The van der Waals surface area contributed by atoms with E-state index >= 15 is 0 Å². The fraction of sp³-hybridized carbons (Fsp3) is 0.107. The fourth-order valence-corrected chi connectivity index (χ4v) is 5.35. The first kappa shape index (κ1) is 23.8. The summed E-state index contributed by atoms with van der Waals surface area (Å²) in [6.07, 6.45) is 1.81. The number of aromatic nitrogens is 1. The average molecular weight is 516 g/mol. The standard InChI is InChI=1S/C28H22ClN3O3S/c1-17-24(26(33)31-21-8-4-3-5-9-21)25(19-11-13-20(29)14-12-19)32-27(34)23(36-28(32)30-17)16-18-7-6-10-22(15-18)35-2/h3-16,25H,1-2H3,(H,31,33). The second-order valence-corrected chi connectivity index (χ2v) is 9.68. The van der Waals surface area contributed by atoms with Crippen molar-refractivity contribution >= 4 is 40.6 Å². The van der Waals surface area contributed by atoms with Gasteiger partial charge < -0.3 is 10.1 Å². The van der Waals surface area contributed by atoms with Gasteiger partial charge in [0, 0.05) is 10.7 Å². The number of allylic oxidation sites excluding steroid dienone is 1. The van der Waals surface area contributed by atoms with Gasteiger partial charge in [-0.15, -0.1) is 0 Å². The molecule has 0 spiro atoms. The van der Waals surface area contributed by atoms with Crippen molar-refractivity contribution in [3.8, 4) is 5.75 Å². The van der Waals surface area contributed by atoms with Gasteiger partial charge in [0.25, 0.3) is 11.5 Å². The number of nitrogens with zero attached hydrogens (tertiary/aromatic N) is 2. The lowest BCUT2D eigenvalue weighted by Crippen LogP contribution is -2.40. The van der Waals surface area contributed by atoms with Crippen LogP contribution in [0.2, 0.25) is 5.02 Å². The molecule has 0 aliphatic carbocycles. The Morgan fingerprint density at radius 3 is 2.56 bits per heavy atom. The van der Waals surface area contributed by atoms with Crippen LogP contribution in [0.5, 0.6) is 5.75 Å². The van der Waals surface area contributed by atoms with Crippen molar-refractivity contribution in [2.24, 2.45) is 4.99 Å². The van der Waals surface area contributed by atoms with E-state index < -0.39 is 6.04 Å². The van der Waals surface area contributed by atoms with E-state index in [4.69, 9.17) is 16.3 Å². The van der Waals surface area contributed by atoms with E-state index in [2.05, 4.69) is 10.3 Å². The fourth-order valence-electron chi connectivity index (χ4n) is 4.17. The van der Waals surface area contributed by atoms with Crippen LogP contribution in [0.25, 0.3) is 6.08 Å².